The summed E-state index contributed by atoms with van der Waals surface area (Å²) in [6, 6.07) is 6.65. The van der Waals surface area contributed by atoms with E-state index in [4.69, 9.17) is 31.8 Å². The number of nitrogen functional groups attached to an aromatic ring is 1. The minimum atomic E-state index is -5.10. The van der Waals surface area contributed by atoms with Gasteiger partial charge in [-0.05, 0) is 43.5 Å². The molecule has 2 aromatic carbocycles. The lowest BCUT2D eigenvalue weighted by Gasteiger charge is -2.43. The van der Waals surface area contributed by atoms with Gasteiger partial charge in [0.1, 0.15) is 39.6 Å². The maximum atomic E-state index is 15.5. The molecular formula is C26H20ClF5N4O3. The highest BCUT2D eigenvalue weighted by atomic mass is 35.5. The third kappa shape index (κ3) is 4.13. The Hall–Kier alpha value is -3.64. The number of aromatic nitrogens is 3. The van der Waals surface area contributed by atoms with E-state index in [-0.39, 0.29) is 33.6 Å². The first-order valence-corrected chi connectivity index (χ1v) is 12.3. The van der Waals surface area contributed by atoms with E-state index >= 15 is 4.39 Å². The van der Waals surface area contributed by atoms with E-state index in [0.717, 1.165) is 43.5 Å². The number of hydrogen-bond acceptors (Lipinski definition) is 6. The van der Waals surface area contributed by atoms with Crippen LogP contribution in [0.3, 0.4) is 0 Å². The Balaban J connectivity index is 1.38. The number of nitrogens with zero attached hydrogens (tertiary/aromatic N) is 3. The molecule has 1 aliphatic carbocycles. The van der Waals surface area contributed by atoms with Crippen LogP contribution in [0.2, 0.25) is 5.15 Å². The lowest BCUT2D eigenvalue weighted by Crippen LogP contribution is -2.47. The molecule has 7 nitrogen and oxygen atoms in total. The van der Waals surface area contributed by atoms with E-state index in [9.17, 15) is 17.6 Å². The van der Waals surface area contributed by atoms with Crippen LogP contribution in [0, 0.1) is 11.6 Å². The molecule has 204 valence electrons. The summed E-state index contributed by atoms with van der Waals surface area (Å²) in [6.45, 7) is 2.50. The zero-order chi connectivity index (χ0) is 27.7. The fourth-order valence-corrected chi connectivity index (χ4v) is 5.77. The maximum Gasteiger partial charge on any atom is 0.573 e. The molecule has 2 aromatic heterocycles. The number of ether oxygens (including phenoxy) is 3. The predicted octanol–water partition coefficient (Wildman–Crippen LogP) is 6.81. The van der Waals surface area contributed by atoms with Crippen LogP contribution in [0.5, 0.6) is 17.2 Å². The van der Waals surface area contributed by atoms with Gasteiger partial charge in [-0.1, -0.05) is 24.6 Å². The molecule has 2 saturated heterocycles. The summed E-state index contributed by atoms with van der Waals surface area (Å²) >= 11 is 6.52. The Kier molecular flexibility index (Phi) is 5.71. The van der Waals surface area contributed by atoms with Gasteiger partial charge in [0, 0.05) is 11.6 Å². The van der Waals surface area contributed by atoms with E-state index in [1.165, 1.54) is 18.3 Å². The average Bonchev–Trinajstić information content (AvgIpc) is 3.54. The molecule has 7 rings (SSSR count). The fourth-order valence-electron chi connectivity index (χ4n) is 5.55. The molecule has 2 N–H and O–H groups in total. The van der Waals surface area contributed by atoms with Crippen molar-refractivity contribution < 1.29 is 36.2 Å². The van der Waals surface area contributed by atoms with Crippen molar-refractivity contribution in [2.24, 2.45) is 0 Å². The molecule has 3 fully saturated rings. The third-order valence-electron chi connectivity index (χ3n) is 7.32. The molecular weight excluding hydrogens is 547 g/mol. The molecule has 0 spiro atoms. The van der Waals surface area contributed by atoms with Gasteiger partial charge in [-0.25, -0.2) is 14.4 Å². The van der Waals surface area contributed by atoms with E-state index < -0.39 is 34.9 Å². The van der Waals surface area contributed by atoms with Gasteiger partial charge in [0.05, 0.1) is 23.8 Å². The van der Waals surface area contributed by atoms with Gasteiger partial charge in [0.2, 0.25) is 5.82 Å². The Morgan fingerprint density at radius 1 is 1.15 bits per heavy atom. The normalized spacial score (nSPS) is 22.2. The topological polar surface area (TPSA) is 83.9 Å². The number of halogens is 6. The molecule has 4 heterocycles. The van der Waals surface area contributed by atoms with Crippen molar-refractivity contribution in [1.29, 1.82) is 0 Å². The van der Waals surface area contributed by atoms with Crippen molar-refractivity contribution >= 4 is 22.9 Å². The average molecular weight is 567 g/mol. The van der Waals surface area contributed by atoms with Crippen molar-refractivity contribution in [3.63, 3.8) is 0 Å². The van der Waals surface area contributed by atoms with Crippen molar-refractivity contribution in [3.05, 3.63) is 65.2 Å². The van der Waals surface area contributed by atoms with E-state index in [1.54, 1.807) is 4.40 Å². The third-order valence-corrected chi connectivity index (χ3v) is 7.58. The summed E-state index contributed by atoms with van der Waals surface area (Å²) < 4.78 is 84.4. The lowest BCUT2D eigenvalue weighted by molar-refractivity contribution is -0.275. The van der Waals surface area contributed by atoms with Gasteiger partial charge in [-0.2, -0.15) is 4.39 Å². The largest absolute Gasteiger partial charge is 0.573 e. The highest BCUT2D eigenvalue weighted by Gasteiger charge is 2.64. The highest BCUT2D eigenvalue weighted by molar-refractivity contribution is 6.30. The zero-order valence-corrected chi connectivity index (χ0v) is 21.0. The number of benzene rings is 2. The summed E-state index contributed by atoms with van der Waals surface area (Å²) in [5.41, 5.74) is 6.15. The number of anilines is 1. The second-order valence-electron chi connectivity index (χ2n) is 9.75. The van der Waals surface area contributed by atoms with Crippen LogP contribution in [-0.2, 0) is 10.2 Å². The Bertz CT molecular complexity index is 1620. The molecule has 0 unspecified atom stereocenters. The number of imidazole rings is 1. The number of hydrogen-bond donors (Lipinski definition) is 1. The molecule has 0 atom stereocenters. The minimum absolute atomic E-state index is 0.0490. The summed E-state index contributed by atoms with van der Waals surface area (Å²) in [5, 5.41) is 0.250. The van der Waals surface area contributed by atoms with Crippen LogP contribution in [0.15, 0.2) is 42.6 Å². The van der Waals surface area contributed by atoms with Crippen LogP contribution in [0.4, 0.5) is 27.8 Å². The first kappa shape index (κ1) is 25.6. The van der Waals surface area contributed by atoms with Crippen LogP contribution in [0.1, 0.15) is 32.0 Å². The van der Waals surface area contributed by atoms with Gasteiger partial charge >= 0.3 is 6.36 Å². The van der Waals surface area contributed by atoms with Gasteiger partial charge in [-0.15, -0.1) is 13.2 Å². The lowest BCUT2D eigenvalue weighted by atomic mass is 9.61. The van der Waals surface area contributed by atoms with Gasteiger partial charge in [0.15, 0.2) is 11.5 Å². The zero-order valence-electron chi connectivity index (χ0n) is 20.3. The quantitative estimate of drug-likeness (QED) is 0.258. The number of nitrogens with two attached hydrogens (primary N) is 1. The van der Waals surface area contributed by atoms with Crippen molar-refractivity contribution in [2.75, 3.05) is 12.3 Å². The molecule has 3 aliphatic rings. The summed E-state index contributed by atoms with van der Waals surface area (Å²) in [4.78, 5) is 8.90. The first-order valence-electron chi connectivity index (χ1n) is 11.9. The smallest absolute Gasteiger partial charge is 0.454 e. The van der Waals surface area contributed by atoms with Crippen molar-refractivity contribution in [1.82, 2.24) is 14.4 Å². The Morgan fingerprint density at radius 3 is 2.56 bits per heavy atom. The van der Waals surface area contributed by atoms with Gasteiger partial charge in [0.25, 0.3) is 0 Å². The van der Waals surface area contributed by atoms with Crippen LogP contribution < -0.4 is 15.2 Å². The minimum Gasteiger partial charge on any atom is -0.454 e. The highest BCUT2D eigenvalue weighted by Crippen LogP contribution is 2.60. The Labute approximate surface area is 223 Å². The number of fused-ring (bicyclic) bond motifs is 2. The van der Waals surface area contributed by atoms with E-state index in [1.807, 2.05) is 0 Å². The standard InChI is InChI=1S/C26H20ClF5N4O3/c1-2-25-10-24(11-25,12-37-25)23-35-20(21-22(33)34-9-18(27)36(21)23)14-7-6-13(8-15(14)28)38-16-4-3-5-17(19(16)29)39-26(30,31)32/h3-9H,2,10-12H2,1H3,(H2,33,34). The van der Waals surface area contributed by atoms with Crippen LogP contribution >= 0.6 is 11.6 Å². The second kappa shape index (κ2) is 8.68. The fraction of sp³-hybridized carbons (Fsp3) is 0.308. The SMILES string of the molecule is CCC12CC(c3nc(-c4ccc(Oc5cccc(OC(F)(F)F)c5F)cc4F)c4c(N)ncc(Cl)n34)(CO1)C2. The maximum absolute atomic E-state index is 15.5. The number of alkyl halides is 3. The van der Waals surface area contributed by atoms with Crippen LogP contribution in [-0.4, -0.2) is 32.9 Å². The van der Waals surface area contributed by atoms with Gasteiger partial charge < -0.3 is 19.9 Å². The monoisotopic (exact) mass is 566 g/mol. The number of rotatable bonds is 6. The van der Waals surface area contributed by atoms with E-state index in [2.05, 4.69) is 16.6 Å². The summed E-state index contributed by atoms with van der Waals surface area (Å²) in [7, 11) is 0. The summed E-state index contributed by atoms with van der Waals surface area (Å²) in [6.07, 6.45) is -1.36. The van der Waals surface area contributed by atoms with E-state index in [0.29, 0.717) is 17.9 Å². The molecule has 1 saturated carbocycles. The van der Waals surface area contributed by atoms with Gasteiger partial charge in [-0.3, -0.25) is 4.40 Å². The molecule has 2 bridgehead atoms. The molecule has 13 heteroatoms. The molecule has 0 amide bonds. The molecule has 4 aromatic rings. The first-order chi connectivity index (χ1) is 18.4. The Morgan fingerprint density at radius 2 is 1.90 bits per heavy atom. The van der Waals surface area contributed by atoms with Crippen molar-refractivity contribution in [3.8, 4) is 28.5 Å². The predicted molar refractivity (Wildman–Crippen MR) is 131 cm³/mol. The molecule has 39 heavy (non-hydrogen) atoms. The van der Waals surface area contributed by atoms with Crippen LogP contribution in [0.25, 0.3) is 16.8 Å². The van der Waals surface area contributed by atoms with Crippen molar-refractivity contribution in [2.45, 2.75) is 43.6 Å². The summed E-state index contributed by atoms with van der Waals surface area (Å²) in [5.74, 6) is -3.32. The second-order valence-corrected chi connectivity index (χ2v) is 10.1. The molecule has 0 radical (unpaired) electrons. The molecule has 2 aliphatic heterocycles.